The SMILES string of the molecule is Cc1ccc(N(CC(=O)Nc2c(C)cc(C)cc2C)S(=O)(=O)c2ccc(C)cc2)cc1. The highest BCUT2D eigenvalue weighted by Crippen LogP contribution is 2.26. The van der Waals surface area contributed by atoms with Crippen LogP contribution in [0.5, 0.6) is 0 Å². The summed E-state index contributed by atoms with van der Waals surface area (Å²) in [7, 11) is -3.93. The predicted molar refractivity (Wildman–Crippen MR) is 126 cm³/mol. The highest BCUT2D eigenvalue weighted by atomic mass is 32.2. The Labute approximate surface area is 184 Å². The summed E-state index contributed by atoms with van der Waals surface area (Å²) in [5.41, 5.74) is 6.11. The van der Waals surface area contributed by atoms with Crippen LogP contribution in [-0.4, -0.2) is 20.9 Å². The molecule has 0 saturated carbocycles. The lowest BCUT2D eigenvalue weighted by Crippen LogP contribution is -2.38. The summed E-state index contributed by atoms with van der Waals surface area (Å²) < 4.78 is 28.0. The lowest BCUT2D eigenvalue weighted by molar-refractivity contribution is -0.114. The van der Waals surface area contributed by atoms with Gasteiger partial charge in [-0.25, -0.2) is 8.42 Å². The molecule has 31 heavy (non-hydrogen) atoms. The number of hydrogen-bond acceptors (Lipinski definition) is 3. The molecule has 0 unspecified atom stereocenters. The van der Waals surface area contributed by atoms with Gasteiger partial charge in [-0.1, -0.05) is 53.1 Å². The first-order chi connectivity index (χ1) is 14.6. The number of sulfonamides is 1. The zero-order valence-electron chi connectivity index (χ0n) is 18.6. The molecule has 0 bridgehead atoms. The third-order valence-electron chi connectivity index (χ3n) is 5.16. The summed E-state index contributed by atoms with van der Waals surface area (Å²) in [6, 6.07) is 17.7. The van der Waals surface area contributed by atoms with Crippen molar-refractivity contribution in [1.82, 2.24) is 0 Å². The van der Waals surface area contributed by atoms with Gasteiger partial charge in [-0.3, -0.25) is 9.10 Å². The number of nitrogens with one attached hydrogen (secondary N) is 1. The van der Waals surface area contributed by atoms with E-state index < -0.39 is 15.9 Å². The Balaban J connectivity index is 1.96. The van der Waals surface area contributed by atoms with Crippen molar-refractivity contribution in [2.45, 2.75) is 39.5 Å². The van der Waals surface area contributed by atoms with Gasteiger partial charge >= 0.3 is 0 Å². The molecule has 3 aromatic carbocycles. The first-order valence-corrected chi connectivity index (χ1v) is 11.6. The molecule has 0 spiro atoms. The zero-order valence-corrected chi connectivity index (χ0v) is 19.4. The van der Waals surface area contributed by atoms with Crippen LogP contribution in [-0.2, 0) is 14.8 Å². The number of hydrogen-bond donors (Lipinski definition) is 1. The molecule has 1 N–H and O–H groups in total. The van der Waals surface area contributed by atoms with E-state index in [9.17, 15) is 13.2 Å². The second kappa shape index (κ2) is 8.94. The van der Waals surface area contributed by atoms with E-state index in [1.165, 1.54) is 0 Å². The highest BCUT2D eigenvalue weighted by Gasteiger charge is 2.27. The molecule has 3 aromatic rings. The van der Waals surface area contributed by atoms with E-state index in [4.69, 9.17) is 0 Å². The van der Waals surface area contributed by atoms with Crippen LogP contribution in [0.4, 0.5) is 11.4 Å². The average Bonchev–Trinajstić information content (AvgIpc) is 2.70. The molecule has 0 heterocycles. The summed E-state index contributed by atoms with van der Waals surface area (Å²) in [4.78, 5) is 13.1. The van der Waals surface area contributed by atoms with E-state index in [2.05, 4.69) is 5.32 Å². The Kier molecular flexibility index (Phi) is 6.51. The van der Waals surface area contributed by atoms with Crippen LogP contribution in [0.25, 0.3) is 0 Å². The molecule has 3 rings (SSSR count). The van der Waals surface area contributed by atoms with Crippen molar-refractivity contribution in [3.8, 4) is 0 Å². The maximum absolute atomic E-state index is 13.4. The minimum atomic E-state index is -3.93. The molecule has 0 aromatic heterocycles. The van der Waals surface area contributed by atoms with Crippen molar-refractivity contribution < 1.29 is 13.2 Å². The number of carbonyl (C=O) groups excluding carboxylic acids is 1. The normalized spacial score (nSPS) is 11.3. The summed E-state index contributed by atoms with van der Waals surface area (Å²) in [5, 5.41) is 2.90. The standard InChI is InChI=1S/C25H28N2O3S/c1-17-6-10-22(11-7-17)27(31(29,30)23-12-8-18(2)9-13-23)16-24(28)26-25-20(4)14-19(3)15-21(25)5/h6-15H,16H2,1-5H3,(H,26,28). The van der Waals surface area contributed by atoms with Gasteiger partial charge in [0, 0.05) is 5.69 Å². The van der Waals surface area contributed by atoms with Crippen LogP contribution in [0.3, 0.4) is 0 Å². The Bertz CT molecular complexity index is 1180. The summed E-state index contributed by atoms with van der Waals surface area (Å²) in [6.45, 7) is 9.35. The molecule has 0 atom stereocenters. The second-order valence-corrected chi connectivity index (χ2v) is 9.84. The maximum atomic E-state index is 13.4. The van der Waals surface area contributed by atoms with Gasteiger partial charge in [-0.15, -0.1) is 0 Å². The number of carbonyl (C=O) groups is 1. The molecule has 6 heteroatoms. The van der Waals surface area contributed by atoms with Crippen molar-refractivity contribution in [2.75, 3.05) is 16.2 Å². The fraction of sp³-hybridized carbons (Fsp3) is 0.240. The minimum Gasteiger partial charge on any atom is -0.324 e. The van der Waals surface area contributed by atoms with Gasteiger partial charge in [0.15, 0.2) is 0 Å². The smallest absolute Gasteiger partial charge is 0.264 e. The van der Waals surface area contributed by atoms with E-state index >= 15 is 0 Å². The number of amides is 1. The van der Waals surface area contributed by atoms with Crippen molar-refractivity contribution >= 4 is 27.3 Å². The van der Waals surface area contributed by atoms with E-state index in [-0.39, 0.29) is 11.4 Å². The number of rotatable bonds is 6. The third kappa shape index (κ3) is 5.14. The zero-order chi connectivity index (χ0) is 22.8. The topological polar surface area (TPSA) is 66.5 Å². The van der Waals surface area contributed by atoms with Crippen molar-refractivity contribution in [3.63, 3.8) is 0 Å². The molecule has 0 aliphatic carbocycles. The van der Waals surface area contributed by atoms with Crippen LogP contribution >= 0.6 is 0 Å². The highest BCUT2D eigenvalue weighted by molar-refractivity contribution is 7.92. The van der Waals surface area contributed by atoms with Gasteiger partial charge < -0.3 is 5.32 Å². The summed E-state index contributed by atoms with van der Waals surface area (Å²) >= 11 is 0. The quantitative estimate of drug-likeness (QED) is 0.587. The lowest BCUT2D eigenvalue weighted by Gasteiger charge is -2.25. The van der Waals surface area contributed by atoms with E-state index in [0.29, 0.717) is 11.4 Å². The number of nitrogens with zero attached hydrogens (tertiary/aromatic N) is 1. The first kappa shape index (κ1) is 22.6. The molecule has 0 aliphatic rings. The van der Waals surface area contributed by atoms with Gasteiger partial charge in [-0.2, -0.15) is 0 Å². The van der Waals surface area contributed by atoms with Gasteiger partial charge in [-0.05, 0) is 70.0 Å². The van der Waals surface area contributed by atoms with Gasteiger partial charge in [0.1, 0.15) is 6.54 Å². The Hall–Kier alpha value is -3.12. The molecule has 5 nitrogen and oxygen atoms in total. The van der Waals surface area contributed by atoms with Crippen LogP contribution in [0, 0.1) is 34.6 Å². The fourth-order valence-electron chi connectivity index (χ4n) is 3.55. The van der Waals surface area contributed by atoms with Gasteiger partial charge in [0.25, 0.3) is 10.0 Å². The average molecular weight is 437 g/mol. The lowest BCUT2D eigenvalue weighted by atomic mass is 10.1. The Morgan fingerprint density at radius 2 is 1.26 bits per heavy atom. The Morgan fingerprint density at radius 3 is 1.77 bits per heavy atom. The van der Waals surface area contributed by atoms with Crippen LogP contribution in [0.15, 0.2) is 65.6 Å². The van der Waals surface area contributed by atoms with E-state index in [1.807, 2.05) is 58.9 Å². The van der Waals surface area contributed by atoms with Crippen LogP contribution in [0.2, 0.25) is 0 Å². The molecular weight excluding hydrogens is 408 g/mol. The first-order valence-electron chi connectivity index (χ1n) is 10.1. The summed E-state index contributed by atoms with van der Waals surface area (Å²) in [5.74, 6) is -0.397. The molecule has 0 fully saturated rings. The van der Waals surface area contributed by atoms with Crippen LogP contribution < -0.4 is 9.62 Å². The molecule has 162 valence electrons. The molecule has 0 saturated heterocycles. The summed E-state index contributed by atoms with van der Waals surface area (Å²) in [6.07, 6.45) is 0. The van der Waals surface area contributed by atoms with Gasteiger partial charge in [0.2, 0.25) is 5.91 Å². The number of aryl methyl sites for hydroxylation is 5. The molecule has 0 aliphatic heterocycles. The van der Waals surface area contributed by atoms with E-state index in [1.54, 1.807) is 36.4 Å². The van der Waals surface area contributed by atoms with E-state index in [0.717, 1.165) is 32.1 Å². The van der Waals surface area contributed by atoms with Gasteiger partial charge in [0.05, 0.1) is 10.6 Å². The Morgan fingerprint density at radius 1 is 0.774 bits per heavy atom. The largest absolute Gasteiger partial charge is 0.324 e. The molecular formula is C25H28N2O3S. The number of anilines is 2. The predicted octanol–water partition coefficient (Wildman–Crippen LogP) is 5.06. The molecule has 0 radical (unpaired) electrons. The monoisotopic (exact) mass is 436 g/mol. The maximum Gasteiger partial charge on any atom is 0.264 e. The van der Waals surface area contributed by atoms with Crippen molar-refractivity contribution in [1.29, 1.82) is 0 Å². The van der Waals surface area contributed by atoms with Crippen molar-refractivity contribution in [2.24, 2.45) is 0 Å². The fourth-order valence-corrected chi connectivity index (χ4v) is 4.97. The minimum absolute atomic E-state index is 0.147. The number of benzene rings is 3. The second-order valence-electron chi connectivity index (χ2n) is 7.98. The third-order valence-corrected chi connectivity index (χ3v) is 6.95. The van der Waals surface area contributed by atoms with Crippen LogP contribution in [0.1, 0.15) is 27.8 Å². The molecule has 1 amide bonds. The van der Waals surface area contributed by atoms with Crippen molar-refractivity contribution in [3.05, 3.63) is 88.5 Å².